The zero-order valence-corrected chi connectivity index (χ0v) is 17.5. The first-order valence-electron chi connectivity index (χ1n) is 8.87. The molecule has 0 radical (unpaired) electrons. The van der Waals surface area contributed by atoms with Crippen LogP contribution in [0.4, 0.5) is 6.01 Å². The summed E-state index contributed by atoms with van der Waals surface area (Å²) in [5.41, 5.74) is 0.651. The highest BCUT2D eigenvalue weighted by atomic mass is 35.5. The van der Waals surface area contributed by atoms with Gasteiger partial charge in [-0.05, 0) is 42.5 Å². The highest BCUT2D eigenvalue weighted by Gasteiger charge is 2.33. The summed E-state index contributed by atoms with van der Waals surface area (Å²) in [6.45, 7) is 0.575. The highest BCUT2D eigenvalue weighted by Crippen LogP contribution is 2.27. The molecule has 1 aliphatic heterocycles. The van der Waals surface area contributed by atoms with Gasteiger partial charge in [0.25, 0.3) is 10.0 Å². The number of carbonyl (C=O) groups excluding carboxylic acids is 1. The van der Waals surface area contributed by atoms with Crippen LogP contribution >= 0.6 is 22.9 Å². The second-order valence-corrected chi connectivity index (χ2v) is 10.1. The summed E-state index contributed by atoms with van der Waals surface area (Å²) in [6, 6.07) is 10.2. The molecular formula is C18H17ClN4O4S2. The third-order valence-electron chi connectivity index (χ3n) is 4.64. The van der Waals surface area contributed by atoms with Gasteiger partial charge in [0.1, 0.15) is 4.21 Å². The third-order valence-corrected chi connectivity index (χ3v) is 8.15. The molecule has 0 saturated carbocycles. The third kappa shape index (κ3) is 4.35. The number of sulfonamides is 1. The summed E-state index contributed by atoms with van der Waals surface area (Å²) >= 11 is 7.15. The van der Waals surface area contributed by atoms with E-state index in [0.29, 0.717) is 27.6 Å². The van der Waals surface area contributed by atoms with Crippen LogP contribution in [0.15, 0.2) is 50.4 Å². The SMILES string of the molecule is O=C(Nc1nnc(-c2cccc(Cl)c2)o1)C1CCN(S(=O)(=O)c2cccs2)CC1. The van der Waals surface area contributed by atoms with E-state index < -0.39 is 10.0 Å². The number of thiophene rings is 1. The molecule has 8 nitrogen and oxygen atoms in total. The molecular weight excluding hydrogens is 436 g/mol. The molecule has 3 heterocycles. The zero-order valence-electron chi connectivity index (χ0n) is 15.1. The van der Waals surface area contributed by atoms with Gasteiger partial charge in [0, 0.05) is 29.6 Å². The normalized spacial score (nSPS) is 16.0. The van der Waals surface area contributed by atoms with E-state index in [1.807, 2.05) is 0 Å². The lowest BCUT2D eigenvalue weighted by molar-refractivity contribution is -0.121. The molecule has 1 fully saturated rings. The molecule has 29 heavy (non-hydrogen) atoms. The average Bonchev–Trinajstić information content (AvgIpc) is 3.41. The molecule has 0 aliphatic carbocycles. The fraction of sp³-hybridized carbons (Fsp3) is 0.278. The number of piperidine rings is 1. The molecule has 4 rings (SSSR count). The van der Waals surface area contributed by atoms with Crippen molar-refractivity contribution in [2.45, 2.75) is 17.1 Å². The number of rotatable bonds is 5. The number of amides is 1. The smallest absolute Gasteiger partial charge is 0.322 e. The van der Waals surface area contributed by atoms with E-state index in [2.05, 4.69) is 15.5 Å². The maximum atomic E-state index is 12.6. The fourth-order valence-electron chi connectivity index (χ4n) is 3.12. The number of aromatic nitrogens is 2. The van der Waals surface area contributed by atoms with E-state index in [4.69, 9.17) is 16.0 Å². The Morgan fingerprint density at radius 2 is 2.00 bits per heavy atom. The summed E-state index contributed by atoms with van der Waals surface area (Å²) in [5.74, 6) is -0.342. The van der Waals surface area contributed by atoms with Crippen LogP contribution in [0.5, 0.6) is 0 Å². The van der Waals surface area contributed by atoms with E-state index in [-0.39, 0.29) is 36.8 Å². The number of benzene rings is 1. The molecule has 152 valence electrons. The number of carbonyl (C=O) groups is 1. The van der Waals surface area contributed by atoms with Gasteiger partial charge in [0.15, 0.2) is 0 Å². The maximum absolute atomic E-state index is 12.6. The van der Waals surface area contributed by atoms with Gasteiger partial charge in [0.2, 0.25) is 11.8 Å². The first-order valence-corrected chi connectivity index (χ1v) is 11.6. The Hall–Kier alpha value is -2.27. The van der Waals surface area contributed by atoms with Crippen molar-refractivity contribution in [3.05, 3.63) is 46.8 Å². The number of hydrogen-bond acceptors (Lipinski definition) is 7. The average molecular weight is 453 g/mol. The highest BCUT2D eigenvalue weighted by molar-refractivity contribution is 7.91. The van der Waals surface area contributed by atoms with Crippen molar-refractivity contribution in [3.63, 3.8) is 0 Å². The first kappa shape index (κ1) is 20.0. The standard InChI is InChI=1S/C18H17ClN4O4S2/c19-14-4-1-3-13(11-14)17-21-22-18(27-17)20-16(24)12-6-8-23(9-7-12)29(25,26)15-5-2-10-28-15/h1-5,10-12H,6-9H2,(H,20,22,24). The zero-order chi connectivity index (χ0) is 20.4. The fourth-order valence-corrected chi connectivity index (χ4v) is 5.92. The minimum Gasteiger partial charge on any atom is -0.403 e. The van der Waals surface area contributed by atoms with Gasteiger partial charge in [-0.1, -0.05) is 28.8 Å². The van der Waals surface area contributed by atoms with Gasteiger partial charge >= 0.3 is 6.01 Å². The maximum Gasteiger partial charge on any atom is 0.322 e. The Labute approximate surface area is 176 Å². The predicted octanol–water partition coefficient (Wildman–Crippen LogP) is 3.49. The van der Waals surface area contributed by atoms with Crippen molar-refractivity contribution in [1.82, 2.24) is 14.5 Å². The van der Waals surface area contributed by atoms with E-state index in [0.717, 1.165) is 0 Å². The first-order chi connectivity index (χ1) is 13.9. The summed E-state index contributed by atoms with van der Waals surface area (Å²) in [5, 5.41) is 12.7. The van der Waals surface area contributed by atoms with Gasteiger partial charge in [-0.3, -0.25) is 10.1 Å². The molecule has 1 N–H and O–H groups in total. The Kier molecular flexibility index (Phi) is 5.68. The molecule has 1 aromatic carbocycles. The van der Waals surface area contributed by atoms with Gasteiger partial charge < -0.3 is 4.42 Å². The molecule has 0 unspecified atom stereocenters. The number of nitrogens with one attached hydrogen (secondary N) is 1. The van der Waals surface area contributed by atoms with Crippen molar-refractivity contribution in [2.75, 3.05) is 18.4 Å². The Balaban J connectivity index is 1.36. The van der Waals surface area contributed by atoms with Gasteiger partial charge in [-0.15, -0.1) is 16.4 Å². The molecule has 1 aliphatic rings. The summed E-state index contributed by atoms with van der Waals surface area (Å²) in [7, 11) is -3.49. The number of hydrogen-bond donors (Lipinski definition) is 1. The Morgan fingerprint density at radius 1 is 1.21 bits per heavy atom. The summed E-state index contributed by atoms with van der Waals surface area (Å²) in [4.78, 5) is 12.5. The molecule has 1 amide bonds. The van der Waals surface area contributed by atoms with Crippen molar-refractivity contribution in [2.24, 2.45) is 5.92 Å². The van der Waals surface area contributed by atoms with Crippen LogP contribution in [0.3, 0.4) is 0 Å². The number of halogens is 1. The van der Waals surface area contributed by atoms with Gasteiger partial charge in [-0.25, -0.2) is 8.42 Å². The topological polar surface area (TPSA) is 105 Å². The lowest BCUT2D eigenvalue weighted by atomic mass is 9.97. The number of anilines is 1. The van der Waals surface area contributed by atoms with Crippen LogP contribution in [0.2, 0.25) is 5.02 Å². The van der Waals surface area contributed by atoms with Crippen molar-refractivity contribution in [1.29, 1.82) is 0 Å². The van der Waals surface area contributed by atoms with E-state index in [9.17, 15) is 13.2 Å². The minimum atomic E-state index is -3.49. The van der Waals surface area contributed by atoms with E-state index in [1.165, 1.54) is 15.6 Å². The predicted molar refractivity (Wildman–Crippen MR) is 109 cm³/mol. The van der Waals surface area contributed by atoms with Crippen LogP contribution < -0.4 is 5.32 Å². The van der Waals surface area contributed by atoms with Crippen LogP contribution in [0, 0.1) is 5.92 Å². The Bertz CT molecular complexity index is 1110. The van der Waals surface area contributed by atoms with E-state index >= 15 is 0 Å². The molecule has 0 atom stereocenters. The lowest BCUT2D eigenvalue weighted by Crippen LogP contribution is -2.41. The van der Waals surface area contributed by atoms with Gasteiger partial charge in [-0.2, -0.15) is 4.31 Å². The van der Waals surface area contributed by atoms with Crippen molar-refractivity contribution >= 4 is 44.9 Å². The largest absolute Gasteiger partial charge is 0.403 e. The summed E-state index contributed by atoms with van der Waals surface area (Å²) < 4.78 is 32.4. The molecule has 0 bridgehead atoms. The molecule has 11 heteroatoms. The lowest BCUT2D eigenvalue weighted by Gasteiger charge is -2.29. The monoisotopic (exact) mass is 452 g/mol. The molecule has 3 aromatic rings. The van der Waals surface area contributed by atoms with Crippen LogP contribution in [0.25, 0.3) is 11.5 Å². The van der Waals surface area contributed by atoms with E-state index in [1.54, 1.807) is 41.8 Å². The number of nitrogens with zero attached hydrogens (tertiary/aromatic N) is 3. The Morgan fingerprint density at radius 3 is 2.69 bits per heavy atom. The van der Waals surface area contributed by atoms with Gasteiger partial charge in [0.05, 0.1) is 0 Å². The second kappa shape index (κ2) is 8.23. The van der Waals surface area contributed by atoms with Crippen LogP contribution in [-0.2, 0) is 14.8 Å². The van der Waals surface area contributed by atoms with Crippen molar-refractivity contribution in [3.8, 4) is 11.5 Å². The van der Waals surface area contributed by atoms with Crippen molar-refractivity contribution < 1.29 is 17.6 Å². The summed E-state index contributed by atoms with van der Waals surface area (Å²) in [6.07, 6.45) is 0.845. The molecule has 0 spiro atoms. The van der Waals surface area contributed by atoms with Crippen LogP contribution in [0.1, 0.15) is 12.8 Å². The molecule has 2 aromatic heterocycles. The molecule has 1 saturated heterocycles. The van der Waals surface area contributed by atoms with Crippen LogP contribution in [-0.4, -0.2) is 41.9 Å². The minimum absolute atomic E-state index is 0.00129. The second-order valence-electron chi connectivity index (χ2n) is 6.52. The quantitative estimate of drug-likeness (QED) is 0.635.